The first-order chi connectivity index (χ1) is 13.5. The maximum absolute atomic E-state index is 13.3. The minimum Gasteiger partial charge on any atom is -0.391 e. The third-order valence-corrected chi connectivity index (χ3v) is 4.99. The zero-order chi connectivity index (χ0) is 19.9. The van der Waals surface area contributed by atoms with Crippen LogP contribution in [0.25, 0.3) is 0 Å². The number of halogens is 1. The fraction of sp³-hybridized carbons (Fsp3) is 0.280. The molecular formula is C25H28FNO. The van der Waals surface area contributed by atoms with Gasteiger partial charge in [0.15, 0.2) is 0 Å². The van der Waals surface area contributed by atoms with Crippen molar-refractivity contribution in [3.05, 3.63) is 106 Å². The van der Waals surface area contributed by atoms with Crippen LogP contribution < -0.4 is 0 Å². The van der Waals surface area contributed by atoms with Gasteiger partial charge in [0.05, 0.1) is 6.10 Å². The molecule has 3 rings (SSSR count). The molecule has 3 aromatic rings. The fourth-order valence-corrected chi connectivity index (χ4v) is 3.55. The van der Waals surface area contributed by atoms with Gasteiger partial charge in [-0.25, -0.2) is 4.39 Å². The summed E-state index contributed by atoms with van der Waals surface area (Å²) in [4.78, 5) is 2.23. The van der Waals surface area contributed by atoms with E-state index in [9.17, 15) is 9.50 Å². The molecule has 0 aliphatic heterocycles. The molecule has 0 amide bonds. The van der Waals surface area contributed by atoms with Crippen molar-refractivity contribution in [1.29, 1.82) is 0 Å². The predicted molar refractivity (Wildman–Crippen MR) is 113 cm³/mol. The molecule has 0 fully saturated rings. The van der Waals surface area contributed by atoms with Crippen molar-refractivity contribution < 1.29 is 9.50 Å². The highest BCUT2D eigenvalue weighted by Crippen LogP contribution is 2.17. The van der Waals surface area contributed by atoms with Gasteiger partial charge in [0.2, 0.25) is 0 Å². The zero-order valence-electron chi connectivity index (χ0n) is 16.6. The van der Waals surface area contributed by atoms with Gasteiger partial charge in [-0.05, 0) is 54.7 Å². The van der Waals surface area contributed by atoms with Crippen molar-refractivity contribution in [3.8, 4) is 0 Å². The van der Waals surface area contributed by atoms with Crippen molar-refractivity contribution in [2.75, 3.05) is 6.54 Å². The number of aliphatic hydroxyl groups excluding tert-OH is 1. The topological polar surface area (TPSA) is 23.5 Å². The van der Waals surface area contributed by atoms with E-state index in [4.69, 9.17) is 0 Å². The Hall–Kier alpha value is -2.49. The number of aryl methyl sites for hydroxylation is 2. The monoisotopic (exact) mass is 377 g/mol. The van der Waals surface area contributed by atoms with E-state index < -0.39 is 6.10 Å². The predicted octanol–water partition coefficient (Wildman–Crippen LogP) is 5.05. The standard InChI is InChI=1S/C25H28FNO/c1-19-8-11-23(20(2)14-19)17-27(16-22-9-12-24(26)13-10-22)18-25(28)15-21-6-4-3-5-7-21/h3-14,25,28H,15-18H2,1-2H3/t25-/m0/s1. The molecule has 0 bridgehead atoms. The van der Waals surface area contributed by atoms with Crippen LogP contribution in [-0.2, 0) is 19.5 Å². The highest BCUT2D eigenvalue weighted by atomic mass is 19.1. The van der Waals surface area contributed by atoms with Crippen LogP contribution in [0.5, 0.6) is 0 Å². The van der Waals surface area contributed by atoms with Crippen LogP contribution in [0.2, 0.25) is 0 Å². The first kappa shape index (κ1) is 20.2. The van der Waals surface area contributed by atoms with Crippen molar-refractivity contribution in [2.45, 2.75) is 39.5 Å². The second-order valence-corrected chi connectivity index (χ2v) is 7.57. The van der Waals surface area contributed by atoms with E-state index in [2.05, 4.69) is 36.9 Å². The second-order valence-electron chi connectivity index (χ2n) is 7.57. The summed E-state index contributed by atoms with van der Waals surface area (Å²) in [6.07, 6.45) is 0.154. The van der Waals surface area contributed by atoms with Gasteiger partial charge in [0.25, 0.3) is 0 Å². The summed E-state index contributed by atoms with van der Waals surface area (Å²) in [6.45, 7) is 6.18. The second kappa shape index (κ2) is 9.63. The van der Waals surface area contributed by atoms with Crippen LogP contribution >= 0.6 is 0 Å². The molecule has 2 nitrogen and oxygen atoms in total. The van der Waals surface area contributed by atoms with E-state index in [-0.39, 0.29) is 5.82 Å². The molecule has 3 aromatic carbocycles. The number of aliphatic hydroxyl groups is 1. The molecule has 1 N–H and O–H groups in total. The Morgan fingerprint density at radius 1 is 0.857 bits per heavy atom. The van der Waals surface area contributed by atoms with Gasteiger partial charge >= 0.3 is 0 Å². The lowest BCUT2D eigenvalue weighted by atomic mass is 10.0. The Morgan fingerprint density at radius 3 is 2.25 bits per heavy atom. The van der Waals surface area contributed by atoms with Crippen molar-refractivity contribution in [1.82, 2.24) is 4.90 Å². The average molecular weight is 378 g/mol. The largest absolute Gasteiger partial charge is 0.391 e. The summed E-state index contributed by atoms with van der Waals surface area (Å²) < 4.78 is 13.3. The molecule has 0 aliphatic carbocycles. The van der Waals surface area contributed by atoms with E-state index in [1.54, 1.807) is 0 Å². The Labute approximate surface area is 167 Å². The first-order valence-electron chi connectivity index (χ1n) is 9.74. The number of rotatable bonds is 8. The van der Waals surface area contributed by atoms with Gasteiger partial charge in [-0.3, -0.25) is 4.90 Å². The minimum absolute atomic E-state index is 0.228. The van der Waals surface area contributed by atoms with Crippen LogP contribution in [0.15, 0.2) is 72.8 Å². The lowest BCUT2D eigenvalue weighted by Gasteiger charge is -2.26. The summed E-state index contributed by atoms with van der Waals surface area (Å²) >= 11 is 0. The summed E-state index contributed by atoms with van der Waals surface area (Å²) in [5, 5.41) is 10.7. The molecule has 0 saturated heterocycles. The Bertz CT molecular complexity index is 877. The Kier molecular flexibility index (Phi) is 6.96. The molecule has 1 atom stereocenters. The average Bonchev–Trinajstić information content (AvgIpc) is 2.66. The number of nitrogens with zero attached hydrogens (tertiary/aromatic N) is 1. The molecule has 0 spiro atoms. The Morgan fingerprint density at radius 2 is 1.57 bits per heavy atom. The van der Waals surface area contributed by atoms with E-state index in [1.807, 2.05) is 42.5 Å². The lowest BCUT2D eigenvalue weighted by molar-refractivity contribution is 0.104. The van der Waals surface area contributed by atoms with Crippen LogP contribution in [0.4, 0.5) is 4.39 Å². The number of benzene rings is 3. The summed E-state index contributed by atoms with van der Waals surface area (Å²) in [6, 6.07) is 23.1. The fourth-order valence-electron chi connectivity index (χ4n) is 3.55. The smallest absolute Gasteiger partial charge is 0.123 e. The lowest BCUT2D eigenvalue weighted by Crippen LogP contribution is -2.33. The maximum Gasteiger partial charge on any atom is 0.123 e. The SMILES string of the molecule is Cc1ccc(CN(Cc2ccc(F)cc2)C[C@@H](O)Cc2ccccc2)c(C)c1. The van der Waals surface area contributed by atoms with Gasteiger partial charge in [0, 0.05) is 19.6 Å². The molecule has 0 radical (unpaired) electrons. The summed E-state index contributed by atoms with van der Waals surface area (Å²) in [5.74, 6) is -0.228. The van der Waals surface area contributed by atoms with Gasteiger partial charge in [-0.15, -0.1) is 0 Å². The zero-order valence-corrected chi connectivity index (χ0v) is 16.6. The summed E-state index contributed by atoms with van der Waals surface area (Å²) in [7, 11) is 0. The van der Waals surface area contributed by atoms with Gasteiger partial charge in [-0.1, -0.05) is 66.2 Å². The maximum atomic E-state index is 13.3. The Balaban J connectivity index is 1.73. The molecule has 28 heavy (non-hydrogen) atoms. The van der Waals surface area contributed by atoms with Gasteiger partial charge in [0.1, 0.15) is 5.82 Å². The normalized spacial score (nSPS) is 12.3. The highest BCUT2D eigenvalue weighted by Gasteiger charge is 2.15. The summed E-state index contributed by atoms with van der Waals surface area (Å²) in [5.41, 5.74) is 5.91. The van der Waals surface area contributed by atoms with E-state index in [1.165, 1.54) is 28.8 Å². The van der Waals surface area contributed by atoms with E-state index in [0.717, 1.165) is 17.7 Å². The van der Waals surface area contributed by atoms with Crippen LogP contribution in [-0.4, -0.2) is 22.7 Å². The van der Waals surface area contributed by atoms with Crippen molar-refractivity contribution >= 4 is 0 Å². The minimum atomic E-state index is -0.464. The van der Waals surface area contributed by atoms with Gasteiger partial charge < -0.3 is 5.11 Å². The van der Waals surface area contributed by atoms with Crippen LogP contribution in [0, 0.1) is 19.7 Å². The molecular weight excluding hydrogens is 349 g/mol. The van der Waals surface area contributed by atoms with Crippen molar-refractivity contribution in [2.24, 2.45) is 0 Å². The van der Waals surface area contributed by atoms with Crippen LogP contribution in [0.3, 0.4) is 0 Å². The van der Waals surface area contributed by atoms with Crippen LogP contribution in [0.1, 0.15) is 27.8 Å². The first-order valence-corrected chi connectivity index (χ1v) is 9.74. The molecule has 146 valence electrons. The van der Waals surface area contributed by atoms with Crippen molar-refractivity contribution in [3.63, 3.8) is 0 Å². The molecule has 0 aromatic heterocycles. The molecule has 0 unspecified atom stereocenters. The van der Waals surface area contributed by atoms with E-state index in [0.29, 0.717) is 19.5 Å². The van der Waals surface area contributed by atoms with Gasteiger partial charge in [-0.2, -0.15) is 0 Å². The molecule has 0 saturated carbocycles. The molecule has 3 heteroatoms. The molecule has 0 heterocycles. The number of hydrogen-bond donors (Lipinski definition) is 1. The third-order valence-electron chi connectivity index (χ3n) is 4.99. The van der Waals surface area contributed by atoms with E-state index >= 15 is 0 Å². The third kappa shape index (κ3) is 6.01. The number of hydrogen-bond acceptors (Lipinski definition) is 2. The highest BCUT2D eigenvalue weighted by molar-refractivity contribution is 5.30. The quantitative estimate of drug-likeness (QED) is 0.594. The molecule has 0 aliphatic rings.